The molecule has 5 heteroatoms. The highest BCUT2D eigenvalue weighted by molar-refractivity contribution is 7.99. The lowest BCUT2D eigenvalue weighted by molar-refractivity contribution is 0.0932. The molecular weight excluding hydrogens is 424 g/mol. The van der Waals surface area contributed by atoms with E-state index in [1.54, 1.807) is 0 Å². The number of aryl methyl sites for hydroxylation is 1. The zero-order valence-electron chi connectivity index (χ0n) is 17.3. The van der Waals surface area contributed by atoms with Crippen molar-refractivity contribution >= 4 is 35.0 Å². The summed E-state index contributed by atoms with van der Waals surface area (Å²) < 4.78 is 0. The largest absolute Gasteiger partial charge is 0.365 e. The molecule has 3 aromatic carbocycles. The second kappa shape index (κ2) is 8.97. The number of hydrogen-bond donors (Lipinski definition) is 1. The van der Waals surface area contributed by atoms with E-state index < -0.39 is 0 Å². The molecule has 0 bridgehead atoms. The van der Waals surface area contributed by atoms with Gasteiger partial charge >= 0.3 is 0 Å². The van der Waals surface area contributed by atoms with E-state index in [9.17, 15) is 4.79 Å². The number of nitrogens with one attached hydrogen (secondary N) is 1. The second-order valence-corrected chi connectivity index (χ2v) is 9.77. The number of rotatable bonds is 4. The fourth-order valence-electron chi connectivity index (χ4n) is 4.53. The van der Waals surface area contributed by atoms with Gasteiger partial charge < -0.3 is 10.2 Å². The molecule has 3 aromatic rings. The van der Waals surface area contributed by atoms with Crippen molar-refractivity contribution in [2.24, 2.45) is 0 Å². The van der Waals surface area contributed by atoms with Gasteiger partial charge in [0.2, 0.25) is 0 Å². The zero-order valence-corrected chi connectivity index (χ0v) is 18.9. The number of anilines is 1. The Bertz CT molecular complexity index is 1100. The topological polar surface area (TPSA) is 32.3 Å². The molecule has 1 amide bonds. The molecule has 31 heavy (non-hydrogen) atoms. The quantitative estimate of drug-likeness (QED) is 0.511. The molecule has 0 fully saturated rings. The predicted molar refractivity (Wildman–Crippen MR) is 129 cm³/mol. The van der Waals surface area contributed by atoms with Crippen molar-refractivity contribution in [2.45, 2.75) is 36.7 Å². The van der Waals surface area contributed by atoms with Gasteiger partial charge in [0.15, 0.2) is 0 Å². The van der Waals surface area contributed by atoms with Crippen LogP contribution in [-0.4, -0.2) is 18.2 Å². The van der Waals surface area contributed by atoms with Crippen LogP contribution in [0.3, 0.4) is 0 Å². The first-order valence-corrected chi connectivity index (χ1v) is 12.2. The normalized spacial score (nSPS) is 17.6. The molecule has 1 aliphatic heterocycles. The molecule has 158 valence electrons. The maximum absolute atomic E-state index is 13.2. The number of carbonyl (C=O) groups excluding carboxylic acids is 1. The Balaban J connectivity index is 1.36. The number of fused-ring (bicyclic) bond motifs is 2. The SMILES string of the molecule is O=C(N[C@@H]1CCCc2ccccc21)c1ccc2c(c1)N(Cc1ccc(Cl)cc1)CCS2. The van der Waals surface area contributed by atoms with Gasteiger partial charge in [0.1, 0.15) is 0 Å². The van der Waals surface area contributed by atoms with Gasteiger partial charge in [-0.2, -0.15) is 0 Å². The summed E-state index contributed by atoms with van der Waals surface area (Å²) in [6.45, 7) is 1.77. The molecule has 1 aliphatic carbocycles. The highest BCUT2D eigenvalue weighted by Crippen LogP contribution is 2.37. The number of hydrogen-bond acceptors (Lipinski definition) is 3. The number of benzene rings is 3. The molecule has 3 nitrogen and oxygen atoms in total. The van der Waals surface area contributed by atoms with E-state index in [1.807, 2.05) is 30.0 Å². The molecule has 0 radical (unpaired) electrons. The smallest absolute Gasteiger partial charge is 0.251 e. The van der Waals surface area contributed by atoms with Gasteiger partial charge in [-0.05, 0) is 66.3 Å². The van der Waals surface area contributed by atoms with Crippen molar-refractivity contribution in [3.8, 4) is 0 Å². The molecule has 5 rings (SSSR count). The van der Waals surface area contributed by atoms with Gasteiger partial charge in [-0.3, -0.25) is 4.79 Å². The van der Waals surface area contributed by atoms with Crippen LogP contribution in [0, 0.1) is 0 Å². The Labute approximate surface area is 192 Å². The second-order valence-electron chi connectivity index (χ2n) is 8.20. The van der Waals surface area contributed by atoms with E-state index in [-0.39, 0.29) is 11.9 Å². The van der Waals surface area contributed by atoms with Crippen molar-refractivity contribution < 1.29 is 4.79 Å². The molecule has 0 saturated carbocycles. The van der Waals surface area contributed by atoms with Crippen LogP contribution in [-0.2, 0) is 13.0 Å². The van der Waals surface area contributed by atoms with E-state index in [0.717, 1.165) is 54.4 Å². The van der Waals surface area contributed by atoms with Gasteiger partial charge in [0, 0.05) is 34.3 Å². The molecule has 1 N–H and O–H groups in total. The minimum atomic E-state index is 0.00604. The minimum absolute atomic E-state index is 0.00604. The number of amides is 1. The van der Waals surface area contributed by atoms with Gasteiger partial charge in [0.25, 0.3) is 5.91 Å². The van der Waals surface area contributed by atoms with Crippen LogP contribution < -0.4 is 10.2 Å². The van der Waals surface area contributed by atoms with Crippen LogP contribution >= 0.6 is 23.4 Å². The zero-order chi connectivity index (χ0) is 21.2. The third-order valence-electron chi connectivity index (χ3n) is 6.14. The first kappa shape index (κ1) is 20.5. The summed E-state index contributed by atoms with van der Waals surface area (Å²) in [6.07, 6.45) is 3.20. The fraction of sp³-hybridized carbons (Fsp3) is 0.269. The summed E-state index contributed by atoms with van der Waals surface area (Å²) in [4.78, 5) is 16.8. The minimum Gasteiger partial charge on any atom is -0.365 e. The van der Waals surface area contributed by atoms with Crippen LogP contribution in [0.4, 0.5) is 5.69 Å². The molecular formula is C26H25ClN2OS. The predicted octanol–water partition coefficient (Wildman–Crippen LogP) is 6.26. The summed E-state index contributed by atoms with van der Waals surface area (Å²) in [6, 6.07) is 22.7. The lowest BCUT2D eigenvalue weighted by atomic mass is 9.87. The lowest BCUT2D eigenvalue weighted by Gasteiger charge is -2.31. The van der Waals surface area contributed by atoms with E-state index >= 15 is 0 Å². The lowest BCUT2D eigenvalue weighted by Crippen LogP contribution is -2.32. The van der Waals surface area contributed by atoms with Crippen LogP contribution in [0.5, 0.6) is 0 Å². The Morgan fingerprint density at radius 1 is 1.10 bits per heavy atom. The molecule has 2 aliphatic rings. The summed E-state index contributed by atoms with van der Waals surface area (Å²) in [5, 5.41) is 4.04. The number of carbonyl (C=O) groups is 1. The summed E-state index contributed by atoms with van der Waals surface area (Å²) >= 11 is 7.90. The summed E-state index contributed by atoms with van der Waals surface area (Å²) in [5.41, 5.74) is 5.71. The average Bonchev–Trinajstić information content (AvgIpc) is 2.81. The van der Waals surface area contributed by atoms with Gasteiger partial charge in [0.05, 0.1) is 11.7 Å². The van der Waals surface area contributed by atoms with Crippen LogP contribution in [0.25, 0.3) is 0 Å². The third kappa shape index (κ3) is 4.46. The Morgan fingerprint density at radius 3 is 2.81 bits per heavy atom. The molecule has 1 atom stereocenters. The molecule has 0 spiro atoms. The van der Waals surface area contributed by atoms with Crippen molar-refractivity contribution in [1.82, 2.24) is 5.32 Å². The Morgan fingerprint density at radius 2 is 1.94 bits per heavy atom. The summed E-state index contributed by atoms with van der Waals surface area (Å²) in [7, 11) is 0. The third-order valence-corrected chi connectivity index (χ3v) is 7.44. The molecule has 0 unspecified atom stereocenters. The van der Waals surface area contributed by atoms with Crippen LogP contribution in [0.15, 0.2) is 71.6 Å². The monoisotopic (exact) mass is 448 g/mol. The maximum atomic E-state index is 13.2. The van der Waals surface area contributed by atoms with Crippen molar-refractivity contribution in [3.05, 3.63) is 94.0 Å². The van der Waals surface area contributed by atoms with Crippen LogP contribution in [0.1, 0.15) is 45.9 Å². The summed E-state index contributed by atoms with van der Waals surface area (Å²) in [5.74, 6) is 1.05. The molecule has 0 saturated heterocycles. The van der Waals surface area contributed by atoms with Gasteiger partial charge in [-0.15, -0.1) is 11.8 Å². The van der Waals surface area contributed by atoms with E-state index in [0.29, 0.717) is 0 Å². The van der Waals surface area contributed by atoms with E-state index in [2.05, 4.69) is 58.7 Å². The highest BCUT2D eigenvalue weighted by atomic mass is 35.5. The first-order valence-electron chi connectivity index (χ1n) is 10.8. The standard InChI is InChI=1S/C26H25ClN2OS/c27-21-11-8-18(9-12-21)17-29-14-15-31-25-13-10-20(16-24(25)29)26(30)28-23-7-3-5-19-4-1-2-6-22(19)23/h1-2,4,6,8-13,16,23H,3,5,7,14-15,17H2,(H,28,30)/t23-/m1/s1. The van der Waals surface area contributed by atoms with E-state index in [1.165, 1.54) is 21.6 Å². The van der Waals surface area contributed by atoms with Gasteiger partial charge in [-0.1, -0.05) is 48.0 Å². The number of thioether (sulfide) groups is 1. The maximum Gasteiger partial charge on any atom is 0.251 e. The Hall–Kier alpha value is -2.43. The van der Waals surface area contributed by atoms with Crippen molar-refractivity contribution in [2.75, 3.05) is 17.2 Å². The van der Waals surface area contributed by atoms with Gasteiger partial charge in [-0.25, -0.2) is 0 Å². The fourth-order valence-corrected chi connectivity index (χ4v) is 5.69. The Kier molecular flexibility index (Phi) is 5.93. The number of halogens is 1. The van der Waals surface area contributed by atoms with Crippen molar-refractivity contribution in [3.63, 3.8) is 0 Å². The van der Waals surface area contributed by atoms with Crippen LogP contribution in [0.2, 0.25) is 5.02 Å². The first-order chi connectivity index (χ1) is 15.2. The van der Waals surface area contributed by atoms with Crippen molar-refractivity contribution in [1.29, 1.82) is 0 Å². The van der Waals surface area contributed by atoms with E-state index in [4.69, 9.17) is 11.6 Å². The molecule has 0 aromatic heterocycles. The average molecular weight is 449 g/mol. The number of nitrogens with zero attached hydrogens (tertiary/aromatic N) is 1. The highest BCUT2D eigenvalue weighted by Gasteiger charge is 2.24. The molecule has 1 heterocycles.